The maximum absolute atomic E-state index is 7.62. The van der Waals surface area contributed by atoms with Crippen LogP contribution in [0.15, 0.2) is 0 Å². The summed E-state index contributed by atoms with van der Waals surface area (Å²) in [6.07, 6.45) is 0. The van der Waals surface area contributed by atoms with Crippen LogP contribution in [0, 0.1) is 0 Å². The molecule has 0 radical (unpaired) electrons. The molecule has 0 aromatic carbocycles. The summed E-state index contributed by atoms with van der Waals surface area (Å²) in [6.45, 7) is -0.250. The smallest absolute Gasteiger partial charge is 0.870 e. The summed E-state index contributed by atoms with van der Waals surface area (Å²) in [5.74, 6) is 0. The van der Waals surface area contributed by atoms with Crippen LogP contribution in [0.2, 0.25) is 0 Å². The van der Waals surface area contributed by atoms with Gasteiger partial charge < -0.3 is 21.2 Å². The van der Waals surface area contributed by atoms with Crippen molar-refractivity contribution in [1.29, 1.82) is 0 Å². The number of aliphatic hydroxyl groups is 2. The molecular formula is C2H8BaO4. The topological polar surface area (TPSA) is 100 Å². The van der Waals surface area contributed by atoms with E-state index in [2.05, 4.69) is 0 Å². The van der Waals surface area contributed by atoms with E-state index in [0.717, 1.165) is 0 Å². The van der Waals surface area contributed by atoms with Gasteiger partial charge in [0, 0.05) is 0 Å². The number of rotatable bonds is 1. The molecule has 0 aliphatic heterocycles. The Kier molecular flexibility index (Phi) is 88.8. The van der Waals surface area contributed by atoms with E-state index < -0.39 is 0 Å². The monoisotopic (exact) mass is 234 g/mol. The molecule has 0 unspecified atom stereocenters. The zero-order valence-corrected chi connectivity index (χ0v) is 8.35. The zero-order chi connectivity index (χ0) is 3.41. The van der Waals surface area contributed by atoms with Gasteiger partial charge >= 0.3 is 48.9 Å². The Morgan fingerprint density at radius 1 is 0.857 bits per heavy atom. The van der Waals surface area contributed by atoms with E-state index in [1.165, 1.54) is 0 Å². The van der Waals surface area contributed by atoms with Gasteiger partial charge in [-0.25, -0.2) is 0 Å². The van der Waals surface area contributed by atoms with Crippen molar-refractivity contribution in [2.24, 2.45) is 0 Å². The number of hydrogen-bond acceptors (Lipinski definition) is 4. The summed E-state index contributed by atoms with van der Waals surface area (Å²) in [4.78, 5) is 0. The first-order valence-corrected chi connectivity index (χ1v) is 1.13. The summed E-state index contributed by atoms with van der Waals surface area (Å²) in [5, 5.41) is 15.2. The van der Waals surface area contributed by atoms with Crippen LogP contribution in [0.1, 0.15) is 0 Å². The quantitative estimate of drug-likeness (QED) is 0.524. The molecule has 0 aromatic rings. The fourth-order valence-corrected chi connectivity index (χ4v) is 0. The molecule has 0 rings (SSSR count). The molecule has 0 spiro atoms. The number of aliphatic hydroxyl groups excluding tert-OH is 2. The Morgan fingerprint density at radius 2 is 1.00 bits per heavy atom. The molecule has 4 nitrogen and oxygen atoms in total. The van der Waals surface area contributed by atoms with Crippen molar-refractivity contribution in [2.45, 2.75) is 0 Å². The first-order chi connectivity index (χ1) is 1.91. The summed E-state index contributed by atoms with van der Waals surface area (Å²) in [7, 11) is 0. The van der Waals surface area contributed by atoms with Crippen molar-refractivity contribution < 1.29 is 21.2 Å². The summed E-state index contributed by atoms with van der Waals surface area (Å²) < 4.78 is 0. The van der Waals surface area contributed by atoms with Gasteiger partial charge in [0.05, 0.1) is 13.2 Å². The number of hydrogen-bond donors (Lipinski definition) is 2. The van der Waals surface area contributed by atoms with E-state index in [1.807, 2.05) is 0 Å². The van der Waals surface area contributed by atoms with E-state index in [4.69, 9.17) is 10.2 Å². The van der Waals surface area contributed by atoms with Gasteiger partial charge in [0.25, 0.3) is 0 Å². The van der Waals surface area contributed by atoms with Gasteiger partial charge in [0.2, 0.25) is 0 Å². The molecule has 0 saturated carbocycles. The van der Waals surface area contributed by atoms with E-state index in [0.29, 0.717) is 0 Å². The minimum absolute atomic E-state index is 0. The maximum Gasteiger partial charge on any atom is 2.00 e. The molecule has 0 bridgehead atoms. The zero-order valence-electron chi connectivity index (χ0n) is 3.91. The van der Waals surface area contributed by atoms with Gasteiger partial charge in [-0.2, -0.15) is 0 Å². The van der Waals surface area contributed by atoms with Gasteiger partial charge in [0.15, 0.2) is 0 Å². The van der Waals surface area contributed by atoms with Crippen LogP contribution >= 0.6 is 0 Å². The Bertz CT molecular complexity index is 11.7. The maximum atomic E-state index is 7.62. The minimum atomic E-state index is -0.125. The Balaban J connectivity index is -0.0000000150. The van der Waals surface area contributed by atoms with Crippen molar-refractivity contribution in [3.05, 3.63) is 0 Å². The molecule has 0 amide bonds. The van der Waals surface area contributed by atoms with Gasteiger partial charge in [0.1, 0.15) is 0 Å². The Morgan fingerprint density at radius 3 is 1.00 bits per heavy atom. The van der Waals surface area contributed by atoms with Crippen molar-refractivity contribution in [3.8, 4) is 0 Å². The predicted molar refractivity (Wildman–Crippen MR) is 23.8 cm³/mol. The fraction of sp³-hybridized carbons (Fsp3) is 1.00. The third-order valence-corrected chi connectivity index (χ3v) is 0.1000. The van der Waals surface area contributed by atoms with Crippen LogP contribution in [0.5, 0.6) is 0 Å². The van der Waals surface area contributed by atoms with Crippen LogP contribution in [0.25, 0.3) is 0 Å². The van der Waals surface area contributed by atoms with E-state index in [-0.39, 0.29) is 73.0 Å². The van der Waals surface area contributed by atoms with Gasteiger partial charge in [-0.15, -0.1) is 0 Å². The molecule has 0 aromatic heterocycles. The third-order valence-electron chi connectivity index (χ3n) is 0.1000. The van der Waals surface area contributed by atoms with E-state index >= 15 is 0 Å². The van der Waals surface area contributed by atoms with Crippen molar-refractivity contribution in [3.63, 3.8) is 0 Å². The second-order valence-corrected chi connectivity index (χ2v) is 0.447. The summed E-state index contributed by atoms with van der Waals surface area (Å²) in [5.41, 5.74) is 0. The van der Waals surface area contributed by atoms with Crippen LogP contribution in [-0.4, -0.2) is 83.3 Å². The van der Waals surface area contributed by atoms with Crippen molar-refractivity contribution in [2.75, 3.05) is 13.2 Å². The largest absolute Gasteiger partial charge is 2.00 e. The first-order valence-electron chi connectivity index (χ1n) is 1.13. The van der Waals surface area contributed by atoms with Crippen LogP contribution in [-0.2, 0) is 0 Å². The Labute approximate surface area is 82.2 Å². The Hall–Kier alpha value is 1.41. The van der Waals surface area contributed by atoms with Gasteiger partial charge in [-0.3, -0.25) is 0 Å². The normalized spacial score (nSPS) is 4.29. The minimum Gasteiger partial charge on any atom is -0.870 e. The van der Waals surface area contributed by atoms with Gasteiger partial charge in [-0.1, -0.05) is 0 Å². The van der Waals surface area contributed by atoms with Crippen molar-refractivity contribution in [1.82, 2.24) is 0 Å². The molecule has 7 heavy (non-hydrogen) atoms. The predicted octanol–water partition coefficient (Wildman–Crippen LogP) is -1.76. The molecule has 5 heteroatoms. The molecular weight excluding hydrogens is 225 g/mol. The van der Waals surface area contributed by atoms with Crippen LogP contribution in [0.4, 0.5) is 0 Å². The molecule has 0 atom stereocenters. The van der Waals surface area contributed by atoms with Crippen LogP contribution in [0.3, 0.4) is 0 Å². The standard InChI is InChI=1S/C2H6O2.Ba.2H2O/c3-1-2-4;;;/h3-4H,1-2H2;;2*1H2/q;+2;;/p-2. The fourth-order valence-electron chi connectivity index (χ4n) is 0. The van der Waals surface area contributed by atoms with Crippen molar-refractivity contribution >= 4 is 48.9 Å². The van der Waals surface area contributed by atoms with E-state index in [9.17, 15) is 0 Å². The third kappa shape index (κ3) is 37.3. The first kappa shape index (κ1) is 23.7. The molecule has 4 N–H and O–H groups in total. The van der Waals surface area contributed by atoms with Gasteiger partial charge in [-0.05, 0) is 0 Å². The SMILES string of the molecule is OCCO.[Ba+2].[OH-].[OH-]. The molecule has 0 heterocycles. The second kappa shape index (κ2) is 26.2. The molecule has 0 aliphatic carbocycles. The summed E-state index contributed by atoms with van der Waals surface area (Å²) in [6, 6.07) is 0. The average molecular weight is 233 g/mol. The molecule has 0 aliphatic rings. The summed E-state index contributed by atoms with van der Waals surface area (Å²) >= 11 is 0. The molecule has 0 saturated heterocycles. The average Bonchev–Trinajstić information content (AvgIpc) is 1.37. The van der Waals surface area contributed by atoms with E-state index in [1.54, 1.807) is 0 Å². The second-order valence-electron chi connectivity index (χ2n) is 0.447. The molecule has 42 valence electrons. The van der Waals surface area contributed by atoms with Crippen LogP contribution < -0.4 is 0 Å². The molecule has 0 fully saturated rings.